The van der Waals surface area contributed by atoms with Crippen LogP contribution in [0.25, 0.3) is 0 Å². The summed E-state index contributed by atoms with van der Waals surface area (Å²) in [7, 11) is 0. The van der Waals surface area contributed by atoms with Crippen LogP contribution < -0.4 is 0 Å². The Morgan fingerprint density at radius 2 is 1.55 bits per heavy atom. The van der Waals surface area contributed by atoms with E-state index in [0.717, 1.165) is 36.8 Å². The van der Waals surface area contributed by atoms with Crippen molar-refractivity contribution in [3.05, 3.63) is 34.4 Å². The Hall–Kier alpha value is -1.33. The third kappa shape index (κ3) is 2.74. The summed E-state index contributed by atoms with van der Waals surface area (Å²) in [6.07, 6.45) is 5.44. The molecule has 108 valence electrons. The van der Waals surface area contributed by atoms with E-state index in [1.807, 2.05) is 6.92 Å². The fourth-order valence-corrected chi connectivity index (χ4v) is 3.38. The maximum absolute atomic E-state index is 10.9. The van der Waals surface area contributed by atoms with Gasteiger partial charge < -0.3 is 5.11 Å². The molecule has 1 unspecified atom stereocenters. The zero-order chi connectivity index (χ0) is 14.8. The SMILES string of the molecule is Cc1cc(C)c(C(O)C2(C#N)CCCCCC2)cc1C. The first kappa shape index (κ1) is 15.1. The van der Waals surface area contributed by atoms with E-state index < -0.39 is 11.5 Å². The van der Waals surface area contributed by atoms with Crippen molar-refractivity contribution in [3.8, 4) is 6.07 Å². The van der Waals surface area contributed by atoms with Crippen LogP contribution in [0.3, 0.4) is 0 Å². The number of nitrogens with zero attached hydrogens (tertiary/aromatic N) is 1. The largest absolute Gasteiger partial charge is 0.387 e. The monoisotopic (exact) mass is 271 g/mol. The van der Waals surface area contributed by atoms with Crippen molar-refractivity contribution in [3.63, 3.8) is 0 Å². The summed E-state index contributed by atoms with van der Waals surface area (Å²) in [5.41, 5.74) is 3.87. The Labute approximate surface area is 122 Å². The minimum atomic E-state index is -0.662. The molecule has 0 aromatic heterocycles. The van der Waals surface area contributed by atoms with Crippen molar-refractivity contribution >= 4 is 0 Å². The van der Waals surface area contributed by atoms with Crippen LogP contribution in [-0.2, 0) is 0 Å². The Morgan fingerprint density at radius 1 is 1.00 bits per heavy atom. The lowest BCUT2D eigenvalue weighted by Crippen LogP contribution is -2.27. The van der Waals surface area contributed by atoms with Crippen LogP contribution >= 0.6 is 0 Å². The molecule has 0 bridgehead atoms. The van der Waals surface area contributed by atoms with E-state index in [0.29, 0.717) is 0 Å². The van der Waals surface area contributed by atoms with Gasteiger partial charge in [0, 0.05) is 0 Å². The van der Waals surface area contributed by atoms with E-state index in [-0.39, 0.29) is 0 Å². The molecular formula is C18H25NO. The van der Waals surface area contributed by atoms with Crippen LogP contribution in [0.4, 0.5) is 0 Å². The van der Waals surface area contributed by atoms with E-state index in [4.69, 9.17) is 0 Å². The zero-order valence-corrected chi connectivity index (χ0v) is 12.9. The van der Waals surface area contributed by atoms with Crippen molar-refractivity contribution in [1.29, 1.82) is 5.26 Å². The number of nitriles is 1. The van der Waals surface area contributed by atoms with Gasteiger partial charge >= 0.3 is 0 Å². The number of benzene rings is 1. The average molecular weight is 271 g/mol. The summed E-state index contributed by atoms with van der Waals surface area (Å²) in [6.45, 7) is 6.19. The fraction of sp³-hybridized carbons (Fsp3) is 0.611. The summed E-state index contributed by atoms with van der Waals surface area (Å²) in [4.78, 5) is 0. The van der Waals surface area contributed by atoms with E-state index >= 15 is 0 Å². The minimum Gasteiger partial charge on any atom is -0.387 e. The van der Waals surface area contributed by atoms with Gasteiger partial charge in [0.2, 0.25) is 0 Å². The van der Waals surface area contributed by atoms with Gasteiger partial charge in [0.25, 0.3) is 0 Å². The molecule has 2 rings (SSSR count). The normalized spacial score (nSPS) is 19.9. The molecular weight excluding hydrogens is 246 g/mol. The molecule has 0 amide bonds. The van der Waals surface area contributed by atoms with Crippen molar-refractivity contribution < 1.29 is 5.11 Å². The van der Waals surface area contributed by atoms with Gasteiger partial charge in [-0.25, -0.2) is 0 Å². The van der Waals surface area contributed by atoms with E-state index in [2.05, 4.69) is 32.0 Å². The Morgan fingerprint density at radius 3 is 2.10 bits per heavy atom. The van der Waals surface area contributed by atoms with Crippen molar-refractivity contribution in [2.45, 2.75) is 65.4 Å². The van der Waals surface area contributed by atoms with Crippen LogP contribution in [0.2, 0.25) is 0 Å². The number of hydrogen-bond donors (Lipinski definition) is 1. The quantitative estimate of drug-likeness (QED) is 0.804. The predicted octanol–water partition coefficient (Wildman–Crippen LogP) is 4.51. The van der Waals surface area contributed by atoms with Gasteiger partial charge in [-0.05, 0) is 55.9 Å². The summed E-state index contributed by atoms with van der Waals surface area (Å²) in [5.74, 6) is 0. The first-order chi connectivity index (χ1) is 9.50. The second-order valence-corrected chi connectivity index (χ2v) is 6.38. The lowest BCUT2D eigenvalue weighted by atomic mass is 9.73. The smallest absolute Gasteiger partial charge is 0.0978 e. The average Bonchev–Trinajstić information content (AvgIpc) is 2.68. The molecule has 0 heterocycles. The lowest BCUT2D eigenvalue weighted by Gasteiger charge is -2.32. The highest BCUT2D eigenvalue weighted by Crippen LogP contribution is 2.45. The highest BCUT2D eigenvalue weighted by Gasteiger charge is 2.39. The molecule has 0 saturated heterocycles. The van der Waals surface area contributed by atoms with Gasteiger partial charge in [-0.2, -0.15) is 5.26 Å². The van der Waals surface area contributed by atoms with Gasteiger partial charge in [0.15, 0.2) is 0 Å². The summed E-state index contributed by atoms with van der Waals surface area (Å²) in [6, 6.07) is 6.66. The summed E-state index contributed by atoms with van der Waals surface area (Å²) >= 11 is 0. The van der Waals surface area contributed by atoms with E-state index in [1.54, 1.807) is 0 Å². The Kier molecular flexibility index (Phi) is 4.50. The molecule has 0 spiro atoms. The van der Waals surface area contributed by atoms with Crippen LogP contribution in [0.5, 0.6) is 0 Å². The minimum absolute atomic E-state index is 0.594. The standard InChI is InChI=1S/C18H25NO/c1-13-10-15(3)16(11-14(13)2)17(20)18(12-19)8-6-4-5-7-9-18/h10-11,17,20H,4-9H2,1-3H3. The second kappa shape index (κ2) is 5.97. The van der Waals surface area contributed by atoms with E-state index in [9.17, 15) is 10.4 Å². The number of hydrogen-bond acceptors (Lipinski definition) is 2. The molecule has 1 aliphatic carbocycles. The molecule has 2 nitrogen and oxygen atoms in total. The lowest BCUT2D eigenvalue weighted by molar-refractivity contribution is 0.0511. The first-order valence-corrected chi connectivity index (χ1v) is 7.67. The molecule has 2 heteroatoms. The van der Waals surface area contributed by atoms with Crippen LogP contribution in [0.1, 0.15) is 66.9 Å². The molecule has 1 fully saturated rings. The zero-order valence-electron chi connectivity index (χ0n) is 12.9. The van der Waals surface area contributed by atoms with Gasteiger partial charge in [0.1, 0.15) is 0 Å². The van der Waals surface area contributed by atoms with Crippen LogP contribution in [-0.4, -0.2) is 5.11 Å². The van der Waals surface area contributed by atoms with Gasteiger partial charge in [-0.1, -0.05) is 37.8 Å². The molecule has 1 saturated carbocycles. The third-order valence-electron chi connectivity index (χ3n) is 4.92. The molecule has 1 N–H and O–H groups in total. The highest BCUT2D eigenvalue weighted by molar-refractivity contribution is 5.39. The number of aliphatic hydroxyl groups is 1. The Balaban J connectivity index is 2.40. The van der Waals surface area contributed by atoms with Crippen molar-refractivity contribution in [1.82, 2.24) is 0 Å². The predicted molar refractivity (Wildman–Crippen MR) is 81.4 cm³/mol. The summed E-state index contributed by atoms with van der Waals surface area (Å²) in [5, 5.41) is 20.6. The van der Waals surface area contributed by atoms with Gasteiger partial charge in [0.05, 0.1) is 17.6 Å². The molecule has 1 aromatic rings. The maximum Gasteiger partial charge on any atom is 0.0978 e. The second-order valence-electron chi connectivity index (χ2n) is 6.38. The third-order valence-corrected chi connectivity index (χ3v) is 4.92. The van der Waals surface area contributed by atoms with Gasteiger partial charge in [-0.15, -0.1) is 0 Å². The van der Waals surface area contributed by atoms with E-state index in [1.165, 1.54) is 24.0 Å². The maximum atomic E-state index is 10.9. The molecule has 20 heavy (non-hydrogen) atoms. The molecule has 1 aromatic carbocycles. The first-order valence-electron chi connectivity index (χ1n) is 7.67. The molecule has 0 radical (unpaired) electrons. The topological polar surface area (TPSA) is 44.0 Å². The molecule has 1 atom stereocenters. The van der Waals surface area contributed by atoms with Crippen molar-refractivity contribution in [2.75, 3.05) is 0 Å². The van der Waals surface area contributed by atoms with Crippen molar-refractivity contribution in [2.24, 2.45) is 5.41 Å². The number of aliphatic hydroxyl groups excluding tert-OH is 1. The van der Waals surface area contributed by atoms with Crippen LogP contribution in [0, 0.1) is 37.5 Å². The summed E-state index contributed by atoms with van der Waals surface area (Å²) < 4.78 is 0. The fourth-order valence-electron chi connectivity index (χ4n) is 3.38. The molecule has 0 aliphatic heterocycles. The van der Waals surface area contributed by atoms with Crippen LogP contribution in [0.15, 0.2) is 12.1 Å². The highest BCUT2D eigenvalue weighted by atomic mass is 16.3. The Bertz CT molecular complexity index is 519. The van der Waals surface area contributed by atoms with Gasteiger partial charge in [-0.3, -0.25) is 0 Å². The molecule has 1 aliphatic rings. The number of rotatable bonds is 2. The number of aryl methyl sites for hydroxylation is 3.